The van der Waals surface area contributed by atoms with E-state index in [0.29, 0.717) is 19.0 Å². The first kappa shape index (κ1) is 13.9. The van der Waals surface area contributed by atoms with E-state index in [0.717, 1.165) is 17.9 Å². The maximum Gasteiger partial charge on any atom is 0.159 e. The molecule has 17 heavy (non-hydrogen) atoms. The zero-order chi connectivity index (χ0) is 12.7. The van der Waals surface area contributed by atoms with Gasteiger partial charge in [0.05, 0.1) is 12.3 Å². The predicted octanol–water partition coefficient (Wildman–Crippen LogP) is 2.15. The van der Waals surface area contributed by atoms with Gasteiger partial charge in [-0.2, -0.15) is 0 Å². The lowest BCUT2D eigenvalue weighted by molar-refractivity contribution is 0.0530. The molecule has 96 valence electrons. The number of anilines is 1. The minimum Gasteiger partial charge on any atom is -0.378 e. The van der Waals surface area contributed by atoms with E-state index in [1.165, 1.54) is 0 Å². The number of aromatic nitrogens is 2. The van der Waals surface area contributed by atoms with Crippen LogP contribution in [0.15, 0.2) is 6.07 Å². The summed E-state index contributed by atoms with van der Waals surface area (Å²) in [6.45, 7) is 5.17. The third-order valence-corrected chi connectivity index (χ3v) is 2.37. The minimum absolute atomic E-state index is 0.0519. The van der Waals surface area contributed by atoms with E-state index in [1.807, 2.05) is 20.0 Å². The van der Waals surface area contributed by atoms with Gasteiger partial charge in [-0.15, -0.1) is 0 Å². The van der Waals surface area contributed by atoms with E-state index >= 15 is 0 Å². The van der Waals surface area contributed by atoms with Gasteiger partial charge in [-0.05, 0) is 13.3 Å². The van der Waals surface area contributed by atoms with Crippen LogP contribution >= 0.6 is 0 Å². The van der Waals surface area contributed by atoms with Crippen LogP contribution in [-0.4, -0.2) is 30.7 Å². The standard InChI is InChI=1S/C12H21N3O2/c1-5-10(17-6-2)12-14-9(8-16-4)7-11(13-3)15-12/h7,10H,5-6,8H2,1-4H3,(H,13,14,15). The van der Waals surface area contributed by atoms with Crippen molar-refractivity contribution in [1.29, 1.82) is 0 Å². The highest BCUT2D eigenvalue weighted by Gasteiger charge is 2.14. The molecule has 0 bridgehead atoms. The van der Waals surface area contributed by atoms with Gasteiger partial charge in [0.25, 0.3) is 0 Å². The molecule has 0 aliphatic carbocycles. The van der Waals surface area contributed by atoms with Crippen molar-refractivity contribution in [3.8, 4) is 0 Å². The quantitative estimate of drug-likeness (QED) is 0.790. The molecule has 5 heteroatoms. The van der Waals surface area contributed by atoms with Crippen molar-refractivity contribution in [1.82, 2.24) is 9.97 Å². The van der Waals surface area contributed by atoms with Gasteiger partial charge in [0.15, 0.2) is 5.82 Å². The maximum absolute atomic E-state index is 5.62. The number of ether oxygens (including phenoxy) is 2. The van der Waals surface area contributed by atoms with Crippen LogP contribution in [-0.2, 0) is 16.1 Å². The summed E-state index contributed by atoms with van der Waals surface area (Å²) in [5, 5.41) is 3.03. The monoisotopic (exact) mass is 239 g/mol. The van der Waals surface area contributed by atoms with Crippen LogP contribution in [0.25, 0.3) is 0 Å². The van der Waals surface area contributed by atoms with E-state index in [2.05, 4.69) is 22.2 Å². The Morgan fingerprint density at radius 1 is 1.35 bits per heavy atom. The second-order valence-electron chi connectivity index (χ2n) is 3.64. The Kier molecular flexibility index (Phi) is 5.86. The lowest BCUT2D eigenvalue weighted by Crippen LogP contribution is -2.11. The fourth-order valence-electron chi connectivity index (χ4n) is 1.59. The highest BCUT2D eigenvalue weighted by molar-refractivity contribution is 5.35. The molecule has 1 unspecified atom stereocenters. The predicted molar refractivity (Wildman–Crippen MR) is 66.9 cm³/mol. The van der Waals surface area contributed by atoms with E-state index in [9.17, 15) is 0 Å². The Hall–Kier alpha value is -1.20. The van der Waals surface area contributed by atoms with Crippen LogP contribution in [0.2, 0.25) is 0 Å². The first-order valence-electron chi connectivity index (χ1n) is 5.91. The van der Waals surface area contributed by atoms with Crippen molar-refractivity contribution < 1.29 is 9.47 Å². The minimum atomic E-state index is -0.0519. The topological polar surface area (TPSA) is 56.3 Å². The van der Waals surface area contributed by atoms with E-state index in [-0.39, 0.29) is 6.10 Å². The van der Waals surface area contributed by atoms with Crippen molar-refractivity contribution in [3.05, 3.63) is 17.6 Å². The molecule has 1 heterocycles. The van der Waals surface area contributed by atoms with Gasteiger partial charge in [-0.1, -0.05) is 6.92 Å². The second-order valence-corrected chi connectivity index (χ2v) is 3.64. The molecule has 1 aromatic rings. The van der Waals surface area contributed by atoms with Crippen LogP contribution < -0.4 is 5.32 Å². The number of hydrogen-bond acceptors (Lipinski definition) is 5. The molecular weight excluding hydrogens is 218 g/mol. The average Bonchev–Trinajstić information content (AvgIpc) is 2.35. The summed E-state index contributed by atoms with van der Waals surface area (Å²) in [6.07, 6.45) is 0.803. The molecule has 5 nitrogen and oxygen atoms in total. The molecule has 0 spiro atoms. The number of hydrogen-bond donors (Lipinski definition) is 1. The summed E-state index contributed by atoms with van der Waals surface area (Å²) in [7, 11) is 3.49. The Morgan fingerprint density at radius 2 is 2.12 bits per heavy atom. The molecule has 0 saturated carbocycles. The Morgan fingerprint density at radius 3 is 2.65 bits per heavy atom. The normalized spacial score (nSPS) is 12.5. The van der Waals surface area contributed by atoms with Crippen molar-refractivity contribution in [2.24, 2.45) is 0 Å². The molecule has 1 aromatic heterocycles. The zero-order valence-corrected chi connectivity index (χ0v) is 11.0. The van der Waals surface area contributed by atoms with Crippen molar-refractivity contribution in [2.75, 3.05) is 26.1 Å². The fraction of sp³-hybridized carbons (Fsp3) is 0.667. The second kappa shape index (κ2) is 7.19. The molecule has 0 aromatic carbocycles. The average molecular weight is 239 g/mol. The van der Waals surface area contributed by atoms with Gasteiger partial charge in [0.1, 0.15) is 11.9 Å². The number of rotatable bonds is 7. The largest absolute Gasteiger partial charge is 0.378 e. The Labute approximate surface area is 103 Å². The molecular formula is C12H21N3O2. The molecule has 0 aliphatic rings. The molecule has 1 atom stereocenters. The first-order valence-corrected chi connectivity index (χ1v) is 5.91. The van der Waals surface area contributed by atoms with Crippen LogP contribution in [0.3, 0.4) is 0 Å². The smallest absolute Gasteiger partial charge is 0.159 e. The zero-order valence-electron chi connectivity index (χ0n) is 11.0. The number of nitrogens with zero attached hydrogens (tertiary/aromatic N) is 2. The van der Waals surface area contributed by atoms with Crippen molar-refractivity contribution >= 4 is 5.82 Å². The fourth-order valence-corrected chi connectivity index (χ4v) is 1.59. The molecule has 0 fully saturated rings. The molecule has 1 rings (SSSR count). The van der Waals surface area contributed by atoms with Crippen LogP contribution in [0.4, 0.5) is 5.82 Å². The summed E-state index contributed by atoms with van der Waals surface area (Å²) in [5.41, 5.74) is 0.861. The van der Waals surface area contributed by atoms with Crippen LogP contribution in [0, 0.1) is 0 Å². The van der Waals surface area contributed by atoms with Crippen LogP contribution in [0.1, 0.15) is 37.9 Å². The van der Waals surface area contributed by atoms with Gasteiger partial charge in [0.2, 0.25) is 0 Å². The molecule has 0 amide bonds. The molecule has 0 aliphatic heterocycles. The highest BCUT2D eigenvalue weighted by atomic mass is 16.5. The van der Waals surface area contributed by atoms with Gasteiger partial charge in [0, 0.05) is 26.8 Å². The Bertz CT molecular complexity index is 345. The van der Waals surface area contributed by atoms with Crippen molar-refractivity contribution in [2.45, 2.75) is 33.0 Å². The summed E-state index contributed by atoms with van der Waals surface area (Å²) in [5.74, 6) is 1.51. The molecule has 0 saturated heterocycles. The third-order valence-electron chi connectivity index (χ3n) is 2.37. The van der Waals surface area contributed by atoms with E-state index in [4.69, 9.17) is 9.47 Å². The van der Waals surface area contributed by atoms with Gasteiger partial charge < -0.3 is 14.8 Å². The van der Waals surface area contributed by atoms with Crippen molar-refractivity contribution in [3.63, 3.8) is 0 Å². The number of methoxy groups -OCH3 is 1. The SMILES string of the molecule is CCOC(CC)c1nc(COC)cc(NC)n1. The lowest BCUT2D eigenvalue weighted by atomic mass is 10.2. The summed E-state index contributed by atoms with van der Waals surface area (Å²) < 4.78 is 10.7. The van der Waals surface area contributed by atoms with E-state index < -0.39 is 0 Å². The highest BCUT2D eigenvalue weighted by Crippen LogP contribution is 2.19. The van der Waals surface area contributed by atoms with Crippen LogP contribution in [0.5, 0.6) is 0 Å². The Balaban J connectivity index is 2.99. The summed E-state index contributed by atoms with van der Waals surface area (Å²) in [4.78, 5) is 8.88. The maximum atomic E-state index is 5.62. The van der Waals surface area contributed by atoms with Gasteiger partial charge in [-0.3, -0.25) is 0 Å². The number of nitrogens with one attached hydrogen (secondary N) is 1. The summed E-state index contributed by atoms with van der Waals surface area (Å²) in [6, 6.07) is 1.88. The molecule has 1 N–H and O–H groups in total. The van der Waals surface area contributed by atoms with Gasteiger partial charge >= 0.3 is 0 Å². The molecule has 0 radical (unpaired) electrons. The summed E-state index contributed by atoms with van der Waals surface area (Å²) >= 11 is 0. The third kappa shape index (κ3) is 3.94. The van der Waals surface area contributed by atoms with E-state index in [1.54, 1.807) is 7.11 Å². The lowest BCUT2D eigenvalue weighted by Gasteiger charge is -2.15. The first-order chi connectivity index (χ1) is 8.24. The van der Waals surface area contributed by atoms with Gasteiger partial charge in [-0.25, -0.2) is 9.97 Å².